The van der Waals surface area contributed by atoms with Gasteiger partial charge in [-0.3, -0.25) is 9.78 Å². The molecule has 1 amide bonds. The normalized spacial score (nSPS) is 10.8. The third kappa shape index (κ3) is 3.91. The Morgan fingerprint density at radius 3 is 2.78 bits per heavy atom. The summed E-state index contributed by atoms with van der Waals surface area (Å²) in [7, 11) is 0. The van der Waals surface area contributed by atoms with Crippen LogP contribution in [0.2, 0.25) is 0 Å². The highest BCUT2D eigenvalue weighted by Crippen LogP contribution is 2.24. The SMILES string of the molecule is O=C(COc1cccc2ccccc12)N/N=C/c1ccccn1. The summed E-state index contributed by atoms with van der Waals surface area (Å²) in [6.45, 7) is -0.104. The summed E-state index contributed by atoms with van der Waals surface area (Å²) in [5.74, 6) is 0.345. The number of nitrogens with zero attached hydrogens (tertiary/aromatic N) is 2. The van der Waals surface area contributed by atoms with Crippen molar-refractivity contribution in [3.63, 3.8) is 0 Å². The number of hydrazone groups is 1. The number of ether oxygens (including phenoxy) is 1. The summed E-state index contributed by atoms with van der Waals surface area (Å²) in [5.41, 5.74) is 3.08. The van der Waals surface area contributed by atoms with E-state index in [-0.39, 0.29) is 12.5 Å². The second-order valence-electron chi connectivity index (χ2n) is 4.81. The Morgan fingerprint density at radius 1 is 1.09 bits per heavy atom. The van der Waals surface area contributed by atoms with Crippen molar-refractivity contribution < 1.29 is 9.53 Å². The van der Waals surface area contributed by atoms with E-state index in [0.29, 0.717) is 11.4 Å². The molecule has 0 unspecified atom stereocenters. The van der Waals surface area contributed by atoms with Crippen LogP contribution in [0.3, 0.4) is 0 Å². The summed E-state index contributed by atoms with van der Waals surface area (Å²) >= 11 is 0. The molecule has 0 saturated heterocycles. The van der Waals surface area contributed by atoms with Crippen LogP contribution in [0.4, 0.5) is 0 Å². The minimum absolute atomic E-state index is 0.104. The molecule has 0 saturated carbocycles. The Bertz CT molecular complexity index is 827. The van der Waals surface area contributed by atoms with Crippen LogP contribution in [-0.4, -0.2) is 23.7 Å². The number of fused-ring (bicyclic) bond motifs is 1. The topological polar surface area (TPSA) is 63.6 Å². The molecule has 1 aromatic heterocycles. The third-order valence-electron chi connectivity index (χ3n) is 3.18. The number of benzene rings is 2. The van der Waals surface area contributed by atoms with Crippen molar-refractivity contribution in [3.05, 3.63) is 72.6 Å². The number of rotatable bonds is 5. The van der Waals surface area contributed by atoms with Crippen LogP contribution in [0.25, 0.3) is 10.8 Å². The smallest absolute Gasteiger partial charge is 0.277 e. The zero-order valence-corrected chi connectivity index (χ0v) is 12.3. The molecule has 0 aliphatic heterocycles. The molecule has 0 aliphatic carbocycles. The van der Waals surface area contributed by atoms with Crippen LogP contribution in [0.1, 0.15) is 5.69 Å². The number of hydrogen-bond acceptors (Lipinski definition) is 4. The van der Waals surface area contributed by atoms with Crippen molar-refractivity contribution in [2.45, 2.75) is 0 Å². The van der Waals surface area contributed by atoms with E-state index in [9.17, 15) is 4.79 Å². The quantitative estimate of drug-likeness (QED) is 0.582. The molecule has 0 fully saturated rings. The van der Waals surface area contributed by atoms with Crippen molar-refractivity contribution in [1.82, 2.24) is 10.4 Å². The van der Waals surface area contributed by atoms with Crippen molar-refractivity contribution in [2.24, 2.45) is 5.10 Å². The molecular weight excluding hydrogens is 290 g/mol. The molecule has 0 atom stereocenters. The van der Waals surface area contributed by atoms with E-state index in [1.54, 1.807) is 12.3 Å². The molecule has 1 N–H and O–H groups in total. The van der Waals surface area contributed by atoms with Crippen molar-refractivity contribution in [2.75, 3.05) is 6.61 Å². The van der Waals surface area contributed by atoms with E-state index < -0.39 is 0 Å². The van der Waals surface area contributed by atoms with Gasteiger partial charge in [-0.15, -0.1) is 0 Å². The van der Waals surface area contributed by atoms with Crippen LogP contribution in [-0.2, 0) is 4.79 Å². The molecule has 114 valence electrons. The Hall–Kier alpha value is -3.21. The largest absolute Gasteiger partial charge is 0.483 e. The van der Waals surface area contributed by atoms with Gasteiger partial charge in [0, 0.05) is 11.6 Å². The van der Waals surface area contributed by atoms with Crippen LogP contribution in [0.5, 0.6) is 5.75 Å². The predicted molar refractivity (Wildman–Crippen MR) is 89.4 cm³/mol. The maximum Gasteiger partial charge on any atom is 0.277 e. The van der Waals surface area contributed by atoms with E-state index in [4.69, 9.17) is 4.74 Å². The molecule has 0 spiro atoms. The summed E-state index contributed by atoms with van der Waals surface area (Å²) in [4.78, 5) is 15.8. The number of hydrogen-bond donors (Lipinski definition) is 1. The average Bonchev–Trinajstić information content (AvgIpc) is 2.61. The maximum absolute atomic E-state index is 11.8. The maximum atomic E-state index is 11.8. The predicted octanol–water partition coefficient (Wildman–Crippen LogP) is 2.76. The highest BCUT2D eigenvalue weighted by Gasteiger charge is 2.04. The number of pyridine rings is 1. The van der Waals surface area contributed by atoms with Gasteiger partial charge in [-0.1, -0.05) is 42.5 Å². The fourth-order valence-corrected chi connectivity index (χ4v) is 2.12. The summed E-state index contributed by atoms with van der Waals surface area (Å²) in [5, 5.41) is 5.89. The second-order valence-corrected chi connectivity index (χ2v) is 4.81. The van der Waals surface area contributed by atoms with Gasteiger partial charge >= 0.3 is 0 Å². The average molecular weight is 305 g/mol. The lowest BCUT2D eigenvalue weighted by Gasteiger charge is -2.08. The lowest BCUT2D eigenvalue weighted by Crippen LogP contribution is -2.24. The van der Waals surface area contributed by atoms with Crippen molar-refractivity contribution >= 4 is 22.9 Å². The number of carbonyl (C=O) groups is 1. The lowest BCUT2D eigenvalue weighted by atomic mass is 10.1. The standard InChI is InChI=1S/C18H15N3O2/c22-18(21-20-12-15-8-3-4-11-19-15)13-23-17-10-5-7-14-6-1-2-9-16(14)17/h1-12H,13H2,(H,21,22)/b20-12+. The van der Waals surface area contributed by atoms with Crippen LogP contribution < -0.4 is 10.2 Å². The number of carbonyl (C=O) groups excluding carboxylic acids is 1. The number of amides is 1. The molecule has 1 heterocycles. The van der Waals surface area contributed by atoms with E-state index in [1.165, 1.54) is 6.21 Å². The first-order valence-corrected chi connectivity index (χ1v) is 7.16. The van der Waals surface area contributed by atoms with E-state index in [0.717, 1.165) is 10.8 Å². The monoisotopic (exact) mass is 305 g/mol. The van der Waals surface area contributed by atoms with Gasteiger partial charge in [0.05, 0.1) is 11.9 Å². The molecule has 0 bridgehead atoms. The molecule has 3 rings (SSSR count). The van der Waals surface area contributed by atoms with Gasteiger partial charge < -0.3 is 4.74 Å². The fourth-order valence-electron chi connectivity index (χ4n) is 2.12. The van der Waals surface area contributed by atoms with Gasteiger partial charge in [0.15, 0.2) is 6.61 Å². The van der Waals surface area contributed by atoms with Gasteiger partial charge in [-0.05, 0) is 23.6 Å². The molecule has 5 nitrogen and oxygen atoms in total. The highest BCUT2D eigenvalue weighted by molar-refractivity contribution is 5.88. The molecule has 2 aromatic carbocycles. The summed E-state index contributed by atoms with van der Waals surface area (Å²) < 4.78 is 5.58. The molecule has 0 aliphatic rings. The van der Waals surface area contributed by atoms with E-state index in [2.05, 4.69) is 15.5 Å². The number of nitrogens with one attached hydrogen (secondary N) is 1. The fraction of sp³-hybridized carbons (Fsp3) is 0.0556. The molecule has 0 radical (unpaired) electrons. The van der Waals surface area contributed by atoms with Crippen molar-refractivity contribution in [1.29, 1.82) is 0 Å². The van der Waals surface area contributed by atoms with Gasteiger partial charge in [0.1, 0.15) is 5.75 Å². The Balaban J connectivity index is 1.57. The Labute approximate surface area is 133 Å². The zero-order chi connectivity index (χ0) is 15.9. The summed E-state index contributed by atoms with van der Waals surface area (Å²) in [6.07, 6.45) is 3.14. The minimum atomic E-state index is -0.329. The van der Waals surface area contributed by atoms with Gasteiger partial charge in [-0.25, -0.2) is 5.43 Å². The van der Waals surface area contributed by atoms with Crippen LogP contribution >= 0.6 is 0 Å². The number of aromatic nitrogens is 1. The van der Waals surface area contributed by atoms with Gasteiger partial charge in [0.25, 0.3) is 5.91 Å². The Kier molecular flexibility index (Phi) is 4.59. The minimum Gasteiger partial charge on any atom is -0.483 e. The van der Waals surface area contributed by atoms with Gasteiger partial charge in [-0.2, -0.15) is 5.10 Å². The van der Waals surface area contributed by atoms with Gasteiger partial charge in [0.2, 0.25) is 0 Å². The van der Waals surface area contributed by atoms with Crippen LogP contribution in [0.15, 0.2) is 72.0 Å². The lowest BCUT2D eigenvalue weighted by molar-refractivity contribution is -0.123. The van der Waals surface area contributed by atoms with Crippen molar-refractivity contribution in [3.8, 4) is 5.75 Å². The van der Waals surface area contributed by atoms with E-state index >= 15 is 0 Å². The summed E-state index contributed by atoms with van der Waals surface area (Å²) in [6, 6.07) is 19.1. The first kappa shape index (κ1) is 14.7. The molecular formula is C18H15N3O2. The molecule has 5 heteroatoms. The third-order valence-corrected chi connectivity index (χ3v) is 3.18. The first-order valence-electron chi connectivity index (χ1n) is 7.16. The van der Waals surface area contributed by atoms with E-state index in [1.807, 2.05) is 54.6 Å². The second kappa shape index (κ2) is 7.17. The highest BCUT2D eigenvalue weighted by atomic mass is 16.5. The molecule has 3 aromatic rings. The zero-order valence-electron chi connectivity index (χ0n) is 12.3. The molecule has 23 heavy (non-hydrogen) atoms. The Morgan fingerprint density at radius 2 is 1.91 bits per heavy atom. The van der Waals surface area contributed by atoms with Crippen LogP contribution in [0, 0.1) is 0 Å². The first-order chi connectivity index (χ1) is 11.3.